The van der Waals surface area contributed by atoms with Gasteiger partial charge in [-0.15, -0.1) is 0 Å². The molecule has 1 heterocycles. The van der Waals surface area contributed by atoms with Crippen LogP contribution in [0.25, 0.3) is 0 Å². The molecule has 534 valence electrons. The molecule has 40 heteroatoms. The van der Waals surface area contributed by atoms with Crippen LogP contribution in [0.4, 0.5) is 0 Å². The van der Waals surface area contributed by atoms with Crippen LogP contribution in [0, 0.1) is 5.92 Å². The summed E-state index contributed by atoms with van der Waals surface area (Å²) in [5.41, 5.74) is 55.9. The Balaban J connectivity index is 2.61. The van der Waals surface area contributed by atoms with Crippen molar-refractivity contribution in [3.63, 3.8) is 0 Å². The number of aromatic amines is 1. The van der Waals surface area contributed by atoms with E-state index in [0.717, 1.165) is 6.92 Å². The van der Waals surface area contributed by atoms with Gasteiger partial charge in [-0.1, -0.05) is 26.0 Å². The second-order valence-corrected chi connectivity index (χ2v) is 22.5. The molecule has 0 aliphatic heterocycles. The molecular formula is C56H95N25O15. The van der Waals surface area contributed by atoms with Gasteiger partial charge in [-0.3, -0.25) is 67.9 Å². The number of nitrogens with zero attached hydrogens (tertiary/aromatic N) is 5. The minimum absolute atomic E-state index is 0.00478. The molecule has 0 unspecified atom stereocenters. The maximum absolute atomic E-state index is 14.8. The number of carboxylic acid groups (broad SMARTS) is 1. The SMILES string of the molecule is CC(C)[C@H](NC(=O)[C@H](CCCN=C(N)N)NC(=O)[C@H](Cc1ccc(O)cc1)NC(=O)[C@H](CCCN=C(N)N)NC(=O)[C@H](CCC(N)=O)NC(=O)[C@@H](NC(=O)[C@H](CO)NC(=O)[C@@H](N)CCCN=C(N)N)[C@@H](C)O)C(=O)N[C@@H](CCCN=C(N)N)C(=O)N[C@@H](Cc1cnc[nH]1)C(=O)O. The molecule has 0 spiro atoms. The zero-order valence-electron chi connectivity index (χ0n) is 53.7. The van der Waals surface area contributed by atoms with Gasteiger partial charge in [0, 0.05) is 57.3 Å². The number of carbonyl (C=O) groups is 11. The number of hydrogen-bond acceptors (Lipinski definition) is 20. The summed E-state index contributed by atoms with van der Waals surface area (Å²) < 4.78 is 0. The summed E-state index contributed by atoms with van der Waals surface area (Å²) in [6.45, 7) is 3.14. The maximum atomic E-state index is 14.8. The molecule has 0 saturated heterocycles. The summed E-state index contributed by atoms with van der Waals surface area (Å²) in [7, 11) is 0. The number of phenols is 1. The number of H-pyrrole nitrogens is 1. The number of aliphatic hydroxyl groups is 2. The van der Waals surface area contributed by atoms with Crippen LogP contribution in [0.1, 0.15) is 96.2 Å². The van der Waals surface area contributed by atoms with E-state index in [4.69, 9.17) is 57.3 Å². The predicted octanol–water partition coefficient (Wildman–Crippen LogP) is -9.82. The Morgan fingerprint density at radius 3 is 1.26 bits per heavy atom. The van der Waals surface area contributed by atoms with Crippen LogP contribution in [-0.2, 0) is 65.6 Å². The number of aromatic hydroxyl groups is 1. The van der Waals surface area contributed by atoms with Crippen molar-refractivity contribution in [2.24, 2.45) is 83.2 Å². The fraction of sp³-hybridized carbons (Fsp3) is 0.571. The van der Waals surface area contributed by atoms with Crippen LogP contribution < -0.4 is 105 Å². The number of carboxylic acids is 1. The van der Waals surface area contributed by atoms with Gasteiger partial charge in [-0.2, -0.15) is 0 Å². The molecule has 0 aliphatic rings. The largest absolute Gasteiger partial charge is 0.508 e. The third-order valence-corrected chi connectivity index (χ3v) is 14.1. The number of rotatable bonds is 45. The van der Waals surface area contributed by atoms with Crippen molar-refractivity contribution < 1.29 is 73.2 Å². The third kappa shape index (κ3) is 31.8. The standard InChI is InChI=1S/C56H95N25O15/c1-27(2)41(50(93)75-34(10-6-20-70-55(63)64)45(88)78-38(52(95)96)23-30-24-67-26-72-30)80-47(90)35(11-7-21-71-56(65)66)74-48(91)37(22-29-12-14-31(84)15-13-29)77-44(87)33(9-5-19-69-54(61)62)73-46(89)36(16-17-40(58)85)76-51(94)42(28(3)83)81-49(92)39(25-82)79-43(86)32(57)8-4-18-68-53(59)60/h12-15,24,26-28,32-39,41-42,82-84H,4-11,16-23,25,57H2,1-3H3,(H2,58,85)(H,67,72)(H,73,89)(H,74,91)(H,75,93)(H,76,94)(H,77,87)(H,78,88)(H,79,86)(H,80,90)(H,81,92)(H,95,96)(H4,59,60,68)(H4,61,62,69)(H4,63,64,70)(H4,65,66,71)/t28-,32+,33+,34+,35+,36+,37+,38+,39+,41+,42+/m1/s1. The van der Waals surface area contributed by atoms with Crippen LogP contribution in [0.3, 0.4) is 0 Å². The molecule has 0 fully saturated rings. The van der Waals surface area contributed by atoms with Crippen molar-refractivity contribution in [2.75, 3.05) is 32.8 Å². The molecule has 0 aliphatic carbocycles. The maximum Gasteiger partial charge on any atom is 0.326 e. The van der Waals surface area contributed by atoms with E-state index in [1.54, 1.807) is 13.8 Å². The van der Waals surface area contributed by atoms with Gasteiger partial charge >= 0.3 is 5.97 Å². The Kier molecular flexibility index (Phi) is 36.1. The van der Waals surface area contributed by atoms with Crippen molar-refractivity contribution in [1.29, 1.82) is 0 Å². The van der Waals surface area contributed by atoms with Crippen molar-refractivity contribution >= 4 is 88.9 Å². The predicted molar refractivity (Wildman–Crippen MR) is 349 cm³/mol. The highest BCUT2D eigenvalue weighted by molar-refractivity contribution is 5.99. The minimum atomic E-state index is -1.91. The van der Waals surface area contributed by atoms with E-state index in [2.05, 4.69) is 77.8 Å². The monoisotopic (exact) mass is 1360 g/mol. The number of aliphatic carboxylic acids is 1. The van der Waals surface area contributed by atoms with Crippen LogP contribution in [-0.4, -0.2) is 219 Å². The normalized spacial score (nSPS) is 14.4. The highest BCUT2D eigenvalue weighted by Gasteiger charge is 2.37. The smallest absolute Gasteiger partial charge is 0.326 e. The molecule has 2 rings (SSSR count). The Morgan fingerprint density at radius 2 is 0.854 bits per heavy atom. The molecule has 1 aromatic carbocycles. The number of guanidine groups is 4. The van der Waals surface area contributed by atoms with E-state index in [9.17, 15) is 73.2 Å². The van der Waals surface area contributed by atoms with Crippen molar-refractivity contribution in [1.82, 2.24) is 57.8 Å². The molecule has 34 N–H and O–H groups in total. The van der Waals surface area contributed by atoms with Gasteiger partial charge in [-0.05, 0) is 88.3 Å². The van der Waals surface area contributed by atoms with E-state index in [-0.39, 0.29) is 120 Å². The second kappa shape index (κ2) is 42.6. The lowest BCUT2D eigenvalue weighted by molar-refractivity contribution is -0.142. The number of aromatic nitrogens is 2. The summed E-state index contributed by atoms with van der Waals surface area (Å²) in [6, 6.07) is -10.4. The van der Waals surface area contributed by atoms with Crippen molar-refractivity contribution in [3.8, 4) is 5.75 Å². The van der Waals surface area contributed by atoms with Gasteiger partial charge in [0.1, 0.15) is 60.1 Å². The highest BCUT2D eigenvalue weighted by Crippen LogP contribution is 2.15. The number of primary amides is 1. The first-order valence-electron chi connectivity index (χ1n) is 30.5. The Morgan fingerprint density at radius 1 is 0.479 bits per heavy atom. The lowest BCUT2D eigenvalue weighted by atomic mass is 10.00. The third-order valence-electron chi connectivity index (χ3n) is 14.1. The Labute approximate surface area is 552 Å². The highest BCUT2D eigenvalue weighted by atomic mass is 16.4. The number of amides is 10. The van der Waals surface area contributed by atoms with Crippen molar-refractivity contribution in [2.45, 2.75) is 164 Å². The molecule has 10 amide bonds. The summed E-state index contributed by atoms with van der Waals surface area (Å²) in [4.78, 5) is 173. The summed E-state index contributed by atoms with van der Waals surface area (Å²) in [6.07, 6.45) is -0.955. The van der Waals surface area contributed by atoms with Gasteiger partial charge in [0.2, 0.25) is 59.1 Å². The number of aliphatic hydroxyl groups excluding tert-OH is 2. The van der Waals surface area contributed by atoms with Crippen LogP contribution in [0.15, 0.2) is 56.8 Å². The lowest BCUT2D eigenvalue weighted by Crippen LogP contribution is -2.62. The number of carbonyl (C=O) groups excluding carboxylic acids is 10. The molecule has 40 nitrogen and oxygen atoms in total. The molecule has 0 bridgehead atoms. The average Bonchev–Trinajstić information content (AvgIpc) is 0.921. The van der Waals surface area contributed by atoms with Gasteiger partial charge in [0.25, 0.3) is 0 Å². The minimum Gasteiger partial charge on any atom is -0.508 e. The molecule has 2 aromatic rings. The number of hydrogen-bond donors (Lipinski definition) is 24. The van der Waals surface area contributed by atoms with Crippen LogP contribution in [0.2, 0.25) is 0 Å². The Hall–Kier alpha value is -10.6. The summed E-state index contributed by atoms with van der Waals surface area (Å²) in [5.74, 6) is -13.7. The zero-order valence-corrected chi connectivity index (χ0v) is 53.7. The topological polar surface area (TPSA) is 715 Å². The molecular weight excluding hydrogens is 1260 g/mol. The van der Waals surface area contributed by atoms with E-state index in [1.807, 2.05) is 0 Å². The van der Waals surface area contributed by atoms with Gasteiger partial charge < -0.3 is 131 Å². The lowest BCUT2D eigenvalue weighted by Gasteiger charge is -2.29. The second-order valence-electron chi connectivity index (χ2n) is 22.5. The van der Waals surface area contributed by atoms with Gasteiger partial charge in [0.05, 0.1) is 25.1 Å². The van der Waals surface area contributed by atoms with E-state index in [0.29, 0.717) is 11.3 Å². The van der Waals surface area contributed by atoms with E-state index in [1.165, 1.54) is 36.8 Å². The number of imidazole rings is 1. The summed E-state index contributed by atoms with van der Waals surface area (Å²) in [5, 5.41) is 63.0. The number of phenolic OH excluding ortho intramolecular Hbond substituents is 1. The molecule has 96 heavy (non-hydrogen) atoms. The van der Waals surface area contributed by atoms with Crippen LogP contribution in [0.5, 0.6) is 5.75 Å². The van der Waals surface area contributed by atoms with Crippen molar-refractivity contribution in [3.05, 3.63) is 48.0 Å². The zero-order chi connectivity index (χ0) is 72.2. The summed E-state index contributed by atoms with van der Waals surface area (Å²) >= 11 is 0. The molecule has 11 atom stereocenters. The first-order chi connectivity index (χ1) is 45.2. The number of aliphatic imine (C=N–C) groups is 4. The Bertz CT molecular complexity index is 3000. The fourth-order valence-corrected chi connectivity index (χ4v) is 8.95. The average molecular weight is 1360 g/mol. The first kappa shape index (κ1) is 81.5. The quantitative estimate of drug-likeness (QED) is 0.0166. The van der Waals surface area contributed by atoms with E-state index < -0.39 is 157 Å². The van der Waals surface area contributed by atoms with E-state index >= 15 is 0 Å². The van der Waals surface area contributed by atoms with Crippen LogP contribution >= 0.6 is 0 Å². The number of benzene rings is 1. The van der Waals surface area contributed by atoms with Gasteiger partial charge in [0.15, 0.2) is 23.8 Å². The molecule has 0 radical (unpaired) electrons. The first-order valence-corrected chi connectivity index (χ1v) is 30.5. The molecule has 0 saturated carbocycles. The van der Waals surface area contributed by atoms with Gasteiger partial charge in [-0.25, -0.2) is 9.78 Å². The number of nitrogens with one attached hydrogen (secondary N) is 10. The fourth-order valence-electron chi connectivity index (χ4n) is 8.95. The number of nitrogens with two attached hydrogens (primary N) is 10. The molecule has 1 aromatic heterocycles.